The van der Waals surface area contributed by atoms with Crippen LogP contribution in [0.3, 0.4) is 0 Å². The predicted molar refractivity (Wildman–Crippen MR) is 92.9 cm³/mol. The molecule has 3 heterocycles. The van der Waals surface area contributed by atoms with Gasteiger partial charge in [0, 0.05) is 19.4 Å². The van der Waals surface area contributed by atoms with Gasteiger partial charge in [-0.3, -0.25) is 14.2 Å². The van der Waals surface area contributed by atoms with Crippen LogP contribution in [-0.2, 0) is 11.8 Å². The van der Waals surface area contributed by atoms with Crippen molar-refractivity contribution in [1.82, 2.24) is 19.2 Å². The molecule has 1 unspecified atom stereocenters. The molecule has 1 aliphatic rings. The smallest absolute Gasteiger partial charge is 0.260 e. The van der Waals surface area contributed by atoms with Gasteiger partial charge in [0.05, 0.1) is 19.8 Å². The van der Waals surface area contributed by atoms with E-state index in [1.165, 1.54) is 15.4 Å². The van der Waals surface area contributed by atoms with Gasteiger partial charge in [-0.15, -0.1) is 0 Å². The van der Waals surface area contributed by atoms with Crippen molar-refractivity contribution < 1.29 is 14.3 Å². The average molecular weight is 355 g/mol. The van der Waals surface area contributed by atoms with E-state index < -0.39 is 5.92 Å². The molecule has 3 aromatic rings. The van der Waals surface area contributed by atoms with E-state index in [2.05, 4.69) is 15.4 Å². The highest BCUT2D eigenvalue weighted by Gasteiger charge is 2.33. The van der Waals surface area contributed by atoms with Crippen molar-refractivity contribution in [2.45, 2.75) is 12.3 Å². The lowest BCUT2D eigenvalue weighted by Gasteiger charge is -2.26. The zero-order valence-electron chi connectivity index (χ0n) is 14.5. The molecule has 1 aromatic carbocycles. The standard InChI is InChI=1S/C17H17N5O4/c1-21-16(24)14-10(9-4-5-11(25-2)12(6-9)26-3)7-13(23)20-15(14)22-17(21)18-8-19-22/h4-6,8,10H,7H2,1-3H3,(H,20,23). The van der Waals surface area contributed by atoms with Crippen LogP contribution in [0.5, 0.6) is 11.5 Å². The minimum absolute atomic E-state index is 0.151. The molecule has 2 aromatic heterocycles. The van der Waals surface area contributed by atoms with Gasteiger partial charge in [0.25, 0.3) is 5.56 Å². The summed E-state index contributed by atoms with van der Waals surface area (Å²) in [5, 5.41) is 6.90. The summed E-state index contributed by atoms with van der Waals surface area (Å²) >= 11 is 0. The van der Waals surface area contributed by atoms with Gasteiger partial charge in [-0.2, -0.15) is 14.6 Å². The Kier molecular flexibility index (Phi) is 3.64. The van der Waals surface area contributed by atoms with Crippen LogP contribution < -0.4 is 20.3 Å². The molecule has 1 atom stereocenters. The summed E-state index contributed by atoms with van der Waals surface area (Å²) in [4.78, 5) is 29.4. The molecular weight excluding hydrogens is 338 g/mol. The van der Waals surface area contributed by atoms with Crippen molar-refractivity contribution in [1.29, 1.82) is 0 Å². The van der Waals surface area contributed by atoms with Crippen LogP contribution in [-0.4, -0.2) is 39.3 Å². The van der Waals surface area contributed by atoms with Crippen LogP contribution in [0.1, 0.15) is 23.5 Å². The van der Waals surface area contributed by atoms with Gasteiger partial charge in [-0.25, -0.2) is 0 Å². The number of amides is 1. The number of carbonyl (C=O) groups is 1. The second-order valence-electron chi connectivity index (χ2n) is 6.02. The first kappa shape index (κ1) is 16.1. The first-order chi connectivity index (χ1) is 12.5. The number of rotatable bonds is 3. The van der Waals surface area contributed by atoms with Crippen molar-refractivity contribution >= 4 is 17.5 Å². The average Bonchev–Trinajstić information content (AvgIpc) is 3.15. The van der Waals surface area contributed by atoms with Crippen LogP contribution in [0.2, 0.25) is 0 Å². The molecule has 0 fully saturated rings. The number of aryl methyl sites for hydroxylation is 1. The van der Waals surface area contributed by atoms with E-state index in [4.69, 9.17) is 9.47 Å². The van der Waals surface area contributed by atoms with Gasteiger partial charge in [0.1, 0.15) is 12.1 Å². The number of hydrogen-bond donors (Lipinski definition) is 1. The Bertz CT molecular complexity index is 1080. The molecule has 0 saturated heterocycles. The molecule has 26 heavy (non-hydrogen) atoms. The first-order valence-corrected chi connectivity index (χ1v) is 7.99. The fourth-order valence-corrected chi connectivity index (χ4v) is 3.37. The Labute approximate surface area is 148 Å². The Morgan fingerprint density at radius 2 is 1.96 bits per heavy atom. The van der Waals surface area contributed by atoms with Crippen LogP contribution in [0.15, 0.2) is 29.3 Å². The third kappa shape index (κ3) is 2.24. The summed E-state index contributed by atoms with van der Waals surface area (Å²) in [7, 11) is 4.73. The Balaban J connectivity index is 1.97. The van der Waals surface area contributed by atoms with E-state index in [-0.39, 0.29) is 17.9 Å². The maximum atomic E-state index is 13.0. The van der Waals surface area contributed by atoms with Gasteiger partial charge in [0.15, 0.2) is 11.5 Å². The fourth-order valence-electron chi connectivity index (χ4n) is 3.37. The molecule has 1 aliphatic heterocycles. The van der Waals surface area contributed by atoms with E-state index in [9.17, 15) is 9.59 Å². The molecule has 9 heteroatoms. The molecule has 134 valence electrons. The highest BCUT2D eigenvalue weighted by atomic mass is 16.5. The molecule has 0 aliphatic carbocycles. The minimum Gasteiger partial charge on any atom is -0.493 e. The van der Waals surface area contributed by atoms with Gasteiger partial charge in [0.2, 0.25) is 11.7 Å². The summed E-state index contributed by atoms with van der Waals surface area (Å²) in [6.07, 6.45) is 1.50. The van der Waals surface area contributed by atoms with Crippen LogP contribution in [0.4, 0.5) is 5.82 Å². The van der Waals surface area contributed by atoms with E-state index in [1.807, 2.05) is 6.07 Å². The van der Waals surface area contributed by atoms with Gasteiger partial charge in [-0.1, -0.05) is 6.07 Å². The van der Waals surface area contributed by atoms with E-state index in [0.29, 0.717) is 28.7 Å². The predicted octanol–water partition coefficient (Wildman–Crippen LogP) is 0.919. The van der Waals surface area contributed by atoms with Gasteiger partial charge in [-0.05, 0) is 17.7 Å². The number of methoxy groups -OCH3 is 2. The number of nitrogens with zero attached hydrogens (tertiary/aromatic N) is 4. The lowest BCUT2D eigenvalue weighted by molar-refractivity contribution is -0.116. The monoisotopic (exact) mass is 355 g/mol. The van der Waals surface area contributed by atoms with Crippen molar-refractivity contribution in [3.8, 4) is 11.5 Å². The zero-order valence-corrected chi connectivity index (χ0v) is 14.5. The SMILES string of the molecule is COc1ccc(C2CC(=O)Nc3c2c(=O)n(C)c2ncnn32)cc1OC. The molecule has 9 nitrogen and oxygen atoms in total. The number of carbonyl (C=O) groups excluding carboxylic acids is 1. The fraction of sp³-hybridized carbons (Fsp3) is 0.294. The highest BCUT2D eigenvalue weighted by Crippen LogP contribution is 2.38. The van der Waals surface area contributed by atoms with Gasteiger partial charge >= 0.3 is 0 Å². The second-order valence-corrected chi connectivity index (χ2v) is 6.02. The topological polar surface area (TPSA) is 99.8 Å². The number of aromatic nitrogens is 4. The number of hydrogen-bond acceptors (Lipinski definition) is 6. The largest absolute Gasteiger partial charge is 0.493 e. The summed E-state index contributed by atoms with van der Waals surface area (Å²) in [5.74, 6) is 1.22. The number of benzene rings is 1. The summed E-state index contributed by atoms with van der Waals surface area (Å²) < 4.78 is 13.5. The first-order valence-electron chi connectivity index (χ1n) is 7.99. The molecule has 0 saturated carbocycles. The van der Waals surface area contributed by atoms with Gasteiger partial charge < -0.3 is 14.8 Å². The number of ether oxygens (including phenoxy) is 2. The lowest BCUT2D eigenvalue weighted by Crippen LogP contribution is -2.35. The third-order valence-corrected chi connectivity index (χ3v) is 4.64. The highest BCUT2D eigenvalue weighted by molar-refractivity contribution is 5.94. The number of fused-ring (bicyclic) bond motifs is 3. The van der Waals surface area contributed by atoms with E-state index in [0.717, 1.165) is 5.56 Å². The summed E-state index contributed by atoms with van der Waals surface area (Å²) in [6, 6.07) is 5.38. The van der Waals surface area contributed by atoms with Crippen LogP contribution >= 0.6 is 0 Å². The number of nitrogens with one attached hydrogen (secondary N) is 1. The van der Waals surface area contributed by atoms with Crippen molar-refractivity contribution in [2.75, 3.05) is 19.5 Å². The zero-order chi connectivity index (χ0) is 18.4. The molecular formula is C17H17N5O4. The van der Waals surface area contributed by atoms with Crippen molar-refractivity contribution in [3.63, 3.8) is 0 Å². The summed E-state index contributed by atoms with van der Waals surface area (Å²) in [6.45, 7) is 0. The quantitative estimate of drug-likeness (QED) is 0.750. The molecule has 1 amide bonds. The lowest BCUT2D eigenvalue weighted by atomic mass is 9.86. The maximum absolute atomic E-state index is 13.0. The third-order valence-electron chi connectivity index (χ3n) is 4.64. The van der Waals surface area contributed by atoms with E-state index in [1.54, 1.807) is 33.4 Å². The number of anilines is 1. The Morgan fingerprint density at radius 3 is 2.69 bits per heavy atom. The Morgan fingerprint density at radius 1 is 1.19 bits per heavy atom. The molecule has 0 radical (unpaired) electrons. The summed E-state index contributed by atoms with van der Waals surface area (Å²) in [5.41, 5.74) is 1.04. The molecule has 0 bridgehead atoms. The second kappa shape index (κ2) is 5.87. The van der Waals surface area contributed by atoms with Crippen molar-refractivity contribution in [2.24, 2.45) is 7.05 Å². The maximum Gasteiger partial charge on any atom is 0.260 e. The molecule has 0 spiro atoms. The van der Waals surface area contributed by atoms with Crippen LogP contribution in [0, 0.1) is 0 Å². The van der Waals surface area contributed by atoms with E-state index >= 15 is 0 Å². The van der Waals surface area contributed by atoms with Crippen LogP contribution in [0.25, 0.3) is 5.78 Å². The Hall–Kier alpha value is -3.36. The molecule has 1 N–H and O–H groups in total. The normalized spacial score (nSPS) is 16.3. The minimum atomic E-state index is -0.425. The van der Waals surface area contributed by atoms with Crippen molar-refractivity contribution in [3.05, 3.63) is 46.0 Å². The molecule has 4 rings (SSSR count).